The van der Waals surface area contributed by atoms with Gasteiger partial charge in [0.05, 0.1) is 23.4 Å². The van der Waals surface area contributed by atoms with E-state index in [0.717, 1.165) is 12.1 Å². The number of nitrogen functional groups attached to an aromatic ring is 1. The zero-order valence-corrected chi connectivity index (χ0v) is 21.8. The van der Waals surface area contributed by atoms with Gasteiger partial charge in [-0.15, -0.1) is 17.9 Å². The van der Waals surface area contributed by atoms with Crippen molar-refractivity contribution in [3.8, 4) is 12.8 Å². The summed E-state index contributed by atoms with van der Waals surface area (Å²) in [7, 11) is 1.71. The van der Waals surface area contributed by atoms with E-state index in [-0.39, 0.29) is 40.1 Å². The summed E-state index contributed by atoms with van der Waals surface area (Å²) in [6.45, 7) is 4.63. The van der Waals surface area contributed by atoms with E-state index in [1.165, 1.54) is 16.9 Å². The van der Waals surface area contributed by atoms with Gasteiger partial charge >= 0.3 is 0 Å². The number of aliphatic hydroxyl groups is 1. The summed E-state index contributed by atoms with van der Waals surface area (Å²) in [6, 6.07) is 1.80. The first-order chi connectivity index (χ1) is 18.5. The summed E-state index contributed by atoms with van der Waals surface area (Å²) in [4.78, 5) is 33.4. The SMILES string of the molecule is C#C.C[C@@H](CCCc1nc2c3cc(F)cc(F)c3nc(N)n2n1)N(C)C(=O)c1cnc(N2CC(C)(O)C2)cn1. The second kappa shape index (κ2) is 10.7. The van der Waals surface area contributed by atoms with Gasteiger partial charge in [-0.05, 0) is 32.8 Å². The Balaban J connectivity index is 0.00000172. The molecule has 1 aliphatic rings. The number of nitrogens with two attached hydrogens (primary N) is 1. The van der Waals surface area contributed by atoms with Crippen LogP contribution in [0.5, 0.6) is 0 Å². The number of hydrogen-bond donors (Lipinski definition) is 2. The summed E-state index contributed by atoms with van der Waals surface area (Å²) in [5.74, 6) is -0.772. The van der Waals surface area contributed by atoms with Gasteiger partial charge < -0.3 is 20.6 Å². The summed E-state index contributed by atoms with van der Waals surface area (Å²) in [6.07, 6.45) is 12.8. The van der Waals surface area contributed by atoms with E-state index in [0.29, 0.717) is 44.0 Å². The van der Waals surface area contributed by atoms with Gasteiger partial charge in [0.1, 0.15) is 22.8 Å². The molecule has 3 aromatic heterocycles. The highest BCUT2D eigenvalue weighted by molar-refractivity contribution is 5.93. The summed E-state index contributed by atoms with van der Waals surface area (Å²) >= 11 is 0. The van der Waals surface area contributed by atoms with E-state index >= 15 is 0 Å². The number of carbonyl (C=O) groups is 1. The van der Waals surface area contributed by atoms with E-state index in [1.54, 1.807) is 18.9 Å². The first-order valence-electron chi connectivity index (χ1n) is 12.2. The van der Waals surface area contributed by atoms with Crippen LogP contribution in [-0.2, 0) is 6.42 Å². The fraction of sp³-hybridized carbons (Fsp3) is 0.385. The molecular weight excluding hydrogens is 508 g/mol. The number of benzene rings is 1. The Hall–Kier alpha value is -4.44. The molecule has 39 heavy (non-hydrogen) atoms. The maximum Gasteiger partial charge on any atom is 0.274 e. The minimum atomic E-state index is -0.816. The van der Waals surface area contributed by atoms with Crippen LogP contribution in [0.2, 0.25) is 0 Å². The second-order valence-electron chi connectivity index (χ2n) is 9.79. The van der Waals surface area contributed by atoms with Gasteiger partial charge in [0.15, 0.2) is 17.3 Å². The Labute approximate surface area is 223 Å². The van der Waals surface area contributed by atoms with Crippen molar-refractivity contribution in [3.63, 3.8) is 0 Å². The van der Waals surface area contributed by atoms with Crippen LogP contribution in [0.1, 0.15) is 43.0 Å². The first kappa shape index (κ1) is 27.6. The molecule has 0 aliphatic carbocycles. The van der Waals surface area contributed by atoms with E-state index in [1.807, 2.05) is 11.8 Å². The molecule has 1 aliphatic heterocycles. The minimum Gasteiger partial charge on any atom is -0.386 e. The lowest BCUT2D eigenvalue weighted by atomic mass is 9.97. The smallest absolute Gasteiger partial charge is 0.274 e. The molecule has 13 heteroatoms. The fourth-order valence-electron chi connectivity index (χ4n) is 4.47. The standard InChI is InChI=1S/C24H27F2N9O2.C2H2/c1-13(33(3)22(36)17-9-29-19(10-28-17)34-11-24(2,37)12-34)5-4-6-18-30-21-15-7-14(25)8-16(26)20(15)31-23(27)35(21)32-18;1-2/h7-10,13,37H,4-6,11-12H2,1-3H3,(H2,27,31);1-2H/t13-;/m0./s1. The molecule has 11 nitrogen and oxygen atoms in total. The topological polar surface area (TPSA) is 139 Å². The molecule has 4 aromatic rings. The number of halogens is 2. The average molecular weight is 538 g/mol. The van der Waals surface area contributed by atoms with Gasteiger partial charge in [0, 0.05) is 38.7 Å². The molecule has 1 fully saturated rings. The first-order valence-corrected chi connectivity index (χ1v) is 12.2. The van der Waals surface area contributed by atoms with E-state index in [9.17, 15) is 18.7 Å². The molecule has 0 spiro atoms. The number of aryl methyl sites for hydroxylation is 1. The Kier molecular flexibility index (Phi) is 7.60. The summed E-state index contributed by atoms with van der Waals surface area (Å²) in [5, 5.41) is 14.4. The minimum absolute atomic E-state index is 0.0444. The maximum absolute atomic E-state index is 14.2. The van der Waals surface area contributed by atoms with E-state index in [2.05, 4.69) is 37.9 Å². The number of anilines is 2. The number of carbonyl (C=O) groups excluding carboxylic acids is 1. The summed E-state index contributed by atoms with van der Waals surface area (Å²) < 4.78 is 29.2. The number of rotatable bonds is 7. The molecule has 204 valence electrons. The molecule has 1 atom stereocenters. The van der Waals surface area contributed by atoms with Crippen LogP contribution in [0.15, 0.2) is 24.5 Å². The van der Waals surface area contributed by atoms with Crippen molar-refractivity contribution in [2.24, 2.45) is 0 Å². The molecule has 1 amide bonds. The predicted molar refractivity (Wildman–Crippen MR) is 142 cm³/mol. The van der Waals surface area contributed by atoms with Crippen molar-refractivity contribution in [2.75, 3.05) is 30.8 Å². The zero-order chi connectivity index (χ0) is 28.5. The van der Waals surface area contributed by atoms with Crippen molar-refractivity contribution in [2.45, 2.75) is 44.8 Å². The molecule has 3 N–H and O–H groups in total. The van der Waals surface area contributed by atoms with Gasteiger partial charge in [0.2, 0.25) is 5.95 Å². The van der Waals surface area contributed by atoms with Crippen molar-refractivity contribution in [1.82, 2.24) is 34.4 Å². The number of terminal acetylenes is 1. The Morgan fingerprint density at radius 1 is 1.23 bits per heavy atom. The molecule has 0 saturated carbocycles. The third-order valence-corrected chi connectivity index (χ3v) is 6.61. The molecule has 1 aromatic carbocycles. The van der Waals surface area contributed by atoms with Crippen molar-refractivity contribution >= 4 is 34.2 Å². The van der Waals surface area contributed by atoms with Crippen LogP contribution in [-0.4, -0.2) is 77.2 Å². The number of hydrogen-bond acceptors (Lipinski definition) is 9. The van der Waals surface area contributed by atoms with Gasteiger partial charge in [-0.2, -0.15) is 4.52 Å². The molecule has 0 radical (unpaired) electrons. The van der Waals surface area contributed by atoms with Crippen molar-refractivity contribution < 1.29 is 18.7 Å². The molecule has 4 heterocycles. The van der Waals surface area contributed by atoms with E-state index in [4.69, 9.17) is 5.73 Å². The molecule has 5 rings (SSSR count). The van der Waals surface area contributed by atoms with Crippen molar-refractivity contribution in [3.05, 3.63) is 47.7 Å². The van der Waals surface area contributed by atoms with E-state index < -0.39 is 17.2 Å². The largest absolute Gasteiger partial charge is 0.386 e. The number of amides is 1. The van der Waals surface area contributed by atoms with Crippen LogP contribution in [0, 0.1) is 24.5 Å². The average Bonchev–Trinajstić information content (AvgIpc) is 3.33. The Morgan fingerprint density at radius 2 is 1.95 bits per heavy atom. The highest BCUT2D eigenvalue weighted by atomic mass is 19.1. The number of nitrogens with zero attached hydrogens (tertiary/aromatic N) is 8. The zero-order valence-electron chi connectivity index (χ0n) is 21.8. The van der Waals surface area contributed by atoms with Crippen LogP contribution in [0.4, 0.5) is 20.5 Å². The monoisotopic (exact) mass is 537 g/mol. The third-order valence-electron chi connectivity index (χ3n) is 6.61. The highest BCUT2D eigenvalue weighted by Crippen LogP contribution is 2.26. The lowest BCUT2D eigenvalue weighted by molar-refractivity contribution is 0.0304. The maximum atomic E-state index is 14.2. The number of fused-ring (bicyclic) bond motifs is 3. The van der Waals surface area contributed by atoms with Crippen LogP contribution in [0.3, 0.4) is 0 Å². The lowest BCUT2D eigenvalue weighted by Crippen LogP contribution is -2.60. The normalized spacial score (nSPS) is 14.9. The van der Waals surface area contributed by atoms with Gasteiger partial charge in [-0.1, -0.05) is 0 Å². The second-order valence-corrected chi connectivity index (χ2v) is 9.79. The predicted octanol–water partition coefficient (Wildman–Crippen LogP) is 2.23. The van der Waals surface area contributed by atoms with Crippen molar-refractivity contribution in [1.29, 1.82) is 0 Å². The van der Waals surface area contributed by atoms with Gasteiger partial charge in [0.25, 0.3) is 5.91 Å². The number of aromatic nitrogens is 6. The third kappa shape index (κ3) is 5.56. The Morgan fingerprint density at radius 3 is 2.59 bits per heavy atom. The fourth-order valence-corrected chi connectivity index (χ4v) is 4.47. The summed E-state index contributed by atoms with van der Waals surface area (Å²) in [5.41, 5.74) is 5.60. The quantitative estimate of drug-likeness (QED) is 0.340. The molecule has 1 saturated heterocycles. The number of β-amino-alcohol motifs (C(OH)–C–C–N with tert-alkyl or cyclic N) is 1. The molecular formula is C26H29F2N9O2. The molecule has 0 unspecified atom stereocenters. The van der Waals surface area contributed by atoms with Crippen LogP contribution >= 0.6 is 0 Å². The van der Waals surface area contributed by atoms with Crippen LogP contribution in [0.25, 0.3) is 16.6 Å². The Bertz CT molecular complexity index is 1530. The van der Waals surface area contributed by atoms with Gasteiger partial charge in [-0.3, -0.25) is 4.79 Å². The lowest BCUT2D eigenvalue weighted by Gasteiger charge is -2.44. The molecule has 0 bridgehead atoms. The van der Waals surface area contributed by atoms with Gasteiger partial charge in [-0.25, -0.2) is 28.7 Å². The van der Waals surface area contributed by atoms with Crippen LogP contribution < -0.4 is 10.6 Å². The highest BCUT2D eigenvalue weighted by Gasteiger charge is 2.37.